The summed E-state index contributed by atoms with van der Waals surface area (Å²) in [6.45, 7) is 1.60. The van der Waals surface area contributed by atoms with E-state index >= 15 is 0 Å². The van der Waals surface area contributed by atoms with Crippen molar-refractivity contribution >= 4 is 5.78 Å². The maximum atomic E-state index is 13.7. The minimum Gasteiger partial charge on any atom is -0.497 e. The molecule has 1 unspecified atom stereocenters. The van der Waals surface area contributed by atoms with Crippen LogP contribution in [0.25, 0.3) is 0 Å². The van der Waals surface area contributed by atoms with Crippen LogP contribution in [0.15, 0.2) is 131 Å². The molecule has 1 fully saturated rings. The Hall–Kier alpha value is -5.09. The molecule has 1 saturated heterocycles. The molecule has 0 aliphatic carbocycles. The van der Waals surface area contributed by atoms with Gasteiger partial charge in [-0.3, -0.25) is 24.5 Å². The van der Waals surface area contributed by atoms with Crippen LogP contribution >= 0.6 is 0 Å². The number of carbonyl (C=O) groups is 1. The quantitative estimate of drug-likeness (QED) is 0.158. The molecule has 2 heterocycles. The number of hydrogen-bond acceptors (Lipinski definition) is 7. The second kappa shape index (κ2) is 13.1. The van der Waals surface area contributed by atoms with E-state index in [2.05, 4.69) is 10.3 Å². The molecule has 4 atom stereocenters. The fourth-order valence-corrected chi connectivity index (χ4v) is 6.27. The zero-order valence-electron chi connectivity index (χ0n) is 25.5. The summed E-state index contributed by atoms with van der Waals surface area (Å²) in [6, 6.07) is 35.7. The maximum absolute atomic E-state index is 13.7. The molecule has 4 aromatic carbocycles. The van der Waals surface area contributed by atoms with Crippen LogP contribution < -0.4 is 21.3 Å². The van der Waals surface area contributed by atoms with Gasteiger partial charge in [-0.15, -0.1) is 0 Å². The Bertz CT molecular complexity index is 1810. The predicted molar refractivity (Wildman–Crippen MR) is 174 cm³/mol. The molecule has 234 valence electrons. The summed E-state index contributed by atoms with van der Waals surface area (Å²) in [5.41, 5.74) is 1.34. The molecule has 1 aromatic heterocycles. The fraction of sp³-hybridized carbons (Fsp3) is 0.216. The number of benzene rings is 4. The number of aryl methyl sites for hydroxylation is 1. The van der Waals surface area contributed by atoms with Crippen molar-refractivity contribution in [2.75, 3.05) is 7.11 Å². The van der Waals surface area contributed by atoms with E-state index in [1.807, 2.05) is 91.0 Å². The lowest BCUT2D eigenvalue weighted by Gasteiger charge is -2.40. The number of methoxy groups -OCH3 is 1. The first kappa shape index (κ1) is 30.9. The van der Waals surface area contributed by atoms with E-state index in [4.69, 9.17) is 9.47 Å². The topological polar surface area (TPSA) is 123 Å². The first-order valence-corrected chi connectivity index (χ1v) is 15.1. The zero-order valence-corrected chi connectivity index (χ0v) is 25.5. The normalized spacial score (nSPS) is 18.6. The molecule has 1 aliphatic rings. The molecular formula is C37H35N3O6. The van der Waals surface area contributed by atoms with E-state index in [0.29, 0.717) is 11.3 Å². The number of Topliss-reactive ketones (excluding diaryl/α,β-unsaturated/α-hetero) is 1. The highest BCUT2D eigenvalue weighted by atomic mass is 16.5. The fourth-order valence-electron chi connectivity index (χ4n) is 6.27. The van der Waals surface area contributed by atoms with Crippen molar-refractivity contribution in [3.05, 3.63) is 170 Å². The van der Waals surface area contributed by atoms with Gasteiger partial charge in [-0.2, -0.15) is 0 Å². The average Bonchev–Trinajstić information content (AvgIpc) is 3.52. The molecule has 0 amide bonds. The van der Waals surface area contributed by atoms with E-state index < -0.39 is 47.0 Å². The number of nitrogens with zero attached hydrogens (tertiary/aromatic N) is 1. The number of hydrogen-bond donors (Lipinski definition) is 3. The van der Waals surface area contributed by atoms with Crippen LogP contribution in [0.4, 0.5) is 0 Å². The summed E-state index contributed by atoms with van der Waals surface area (Å²) in [7, 11) is 1.54. The minimum atomic E-state index is -1.59. The van der Waals surface area contributed by atoms with Gasteiger partial charge in [-0.25, -0.2) is 4.79 Å². The van der Waals surface area contributed by atoms with Crippen molar-refractivity contribution in [2.24, 2.45) is 0 Å². The van der Waals surface area contributed by atoms with Gasteiger partial charge in [0.1, 0.15) is 24.2 Å². The van der Waals surface area contributed by atoms with Gasteiger partial charge >= 0.3 is 5.69 Å². The number of H-pyrrole nitrogens is 1. The van der Waals surface area contributed by atoms with Crippen molar-refractivity contribution in [1.29, 1.82) is 0 Å². The first-order chi connectivity index (χ1) is 22.3. The number of nitrogens with one attached hydrogen (secondary N) is 2. The predicted octanol–water partition coefficient (Wildman–Crippen LogP) is 4.34. The van der Waals surface area contributed by atoms with Gasteiger partial charge in [-0.1, -0.05) is 91.0 Å². The average molecular weight is 618 g/mol. The molecule has 3 N–H and O–H groups in total. The van der Waals surface area contributed by atoms with Crippen molar-refractivity contribution < 1.29 is 19.4 Å². The van der Waals surface area contributed by atoms with Crippen LogP contribution in [0, 0.1) is 6.92 Å². The van der Waals surface area contributed by atoms with Crippen LogP contribution in [0.3, 0.4) is 0 Å². The Morgan fingerprint density at radius 1 is 0.891 bits per heavy atom. The second-order valence-corrected chi connectivity index (χ2v) is 11.4. The number of aliphatic hydroxyl groups is 1. The smallest absolute Gasteiger partial charge is 0.330 e. The van der Waals surface area contributed by atoms with Gasteiger partial charge in [-0.05, 0) is 47.9 Å². The Labute approximate surface area is 266 Å². The van der Waals surface area contributed by atoms with E-state index in [9.17, 15) is 19.5 Å². The van der Waals surface area contributed by atoms with Crippen molar-refractivity contribution in [2.45, 2.75) is 43.4 Å². The molecule has 46 heavy (non-hydrogen) atoms. The van der Waals surface area contributed by atoms with Crippen LogP contribution in [0.1, 0.15) is 45.3 Å². The Morgan fingerprint density at radius 3 is 1.91 bits per heavy atom. The van der Waals surface area contributed by atoms with Crippen LogP contribution in [-0.4, -0.2) is 45.8 Å². The highest BCUT2D eigenvalue weighted by Crippen LogP contribution is 2.41. The molecule has 6 rings (SSSR count). The molecule has 9 heteroatoms. The summed E-state index contributed by atoms with van der Waals surface area (Å²) >= 11 is 0. The van der Waals surface area contributed by atoms with Gasteiger partial charge in [0.05, 0.1) is 12.6 Å². The number of ether oxygens (including phenoxy) is 2. The van der Waals surface area contributed by atoms with E-state index in [0.717, 1.165) is 16.7 Å². The lowest BCUT2D eigenvalue weighted by molar-refractivity contribution is -0.0559. The molecule has 0 bridgehead atoms. The molecule has 5 aromatic rings. The Morgan fingerprint density at radius 2 is 1.41 bits per heavy atom. The van der Waals surface area contributed by atoms with Gasteiger partial charge < -0.3 is 14.6 Å². The van der Waals surface area contributed by atoms with Crippen LogP contribution in [0.5, 0.6) is 5.75 Å². The number of ketones is 1. The van der Waals surface area contributed by atoms with Gasteiger partial charge in [0.25, 0.3) is 5.56 Å². The van der Waals surface area contributed by atoms with Crippen LogP contribution in [0.2, 0.25) is 0 Å². The SMILES string of the molecule is COc1ccc(C(=O)C(O)[C@H]2O[C@@H](n3cc(C)c(=O)[nH]c3=O)C[C@@H]2NC(c2ccccc2)(c2ccccc2)c2ccccc2)cc1. The summed E-state index contributed by atoms with van der Waals surface area (Å²) in [4.78, 5) is 41.3. The van der Waals surface area contributed by atoms with E-state index in [1.54, 1.807) is 31.2 Å². The molecular weight excluding hydrogens is 582 g/mol. The summed E-state index contributed by atoms with van der Waals surface area (Å²) in [5.74, 6) is 0.0452. The highest BCUT2D eigenvalue weighted by Gasteiger charge is 2.48. The Balaban J connectivity index is 1.49. The zero-order chi connectivity index (χ0) is 32.3. The third-order valence-electron chi connectivity index (χ3n) is 8.60. The van der Waals surface area contributed by atoms with Crippen molar-refractivity contribution in [3.8, 4) is 5.75 Å². The van der Waals surface area contributed by atoms with Crippen molar-refractivity contribution in [3.63, 3.8) is 0 Å². The third kappa shape index (κ3) is 5.83. The monoisotopic (exact) mass is 617 g/mol. The number of rotatable bonds is 10. The maximum Gasteiger partial charge on any atom is 0.330 e. The first-order valence-electron chi connectivity index (χ1n) is 15.1. The number of aliphatic hydroxyl groups excluding tert-OH is 1. The molecule has 9 nitrogen and oxygen atoms in total. The Kier molecular flexibility index (Phi) is 8.81. The van der Waals surface area contributed by atoms with Gasteiger partial charge in [0.15, 0.2) is 5.78 Å². The number of aromatic amines is 1. The van der Waals surface area contributed by atoms with Gasteiger partial charge in [0.2, 0.25) is 0 Å². The summed E-state index contributed by atoms with van der Waals surface area (Å²) in [5, 5.41) is 15.6. The molecule has 0 radical (unpaired) electrons. The number of carbonyl (C=O) groups excluding carboxylic acids is 1. The molecule has 0 spiro atoms. The largest absolute Gasteiger partial charge is 0.497 e. The van der Waals surface area contributed by atoms with E-state index in [-0.39, 0.29) is 12.0 Å². The standard InChI is InChI=1S/C37H35N3O6/c1-24-23-40(36(44)38-35(24)43)31-22-30(34(46-31)33(42)32(41)25-18-20-29(45-2)21-19-25)39-37(26-12-6-3-7-13-26,27-14-8-4-9-15-27)28-16-10-5-11-17-28/h3-21,23,30-31,33-34,39,42H,22H2,1-2H3,(H,38,43,44)/t30-,31+,33?,34-/m0/s1. The highest BCUT2D eigenvalue weighted by molar-refractivity contribution is 5.99. The lowest BCUT2D eigenvalue weighted by atomic mass is 9.76. The molecule has 1 aliphatic heterocycles. The number of aromatic nitrogens is 2. The summed E-state index contributed by atoms with van der Waals surface area (Å²) < 4.78 is 13.0. The van der Waals surface area contributed by atoms with E-state index in [1.165, 1.54) is 17.9 Å². The van der Waals surface area contributed by atoms with Gasteiger partial charge in [0, 0.05) is 29.8 Å². The molecule has 0 saturated carbocycles. The minimum absolute atomic E-state index is 0.206. The van der Waals surface area contributed by atoms with Crippen LogP contribution in [-0.2, 0) is 10.3 Å². The lowest BCUT2D eigenvalue weighted by Crippen LogP contribution is -2.55. The van der Waals surface area contributed by atoms with Crippen molar-refractivity contribution in [1.82, 2.24) is 14.9 Å². The third-order valence-corrected chi connectivity index (χ3v) is 8.60. The summed E-state index contributed by atoms with van der Waals surface area (Å²) in [6.07, 6.45) is -1.90. The second-order valence-electron chi connectivity index (χ2n) is 11.4.